The average molecular weight is 265 g/mol. The van der Waals surface area contributed by atoms with E-state index in [9.17, 15) is 9.59 Å². The molecule has 2 heterocycles. The minimum absolute atomic E-state index is 0.0127. The highest BCUT2D eigenvalue weighted by Crippen LogP contribution is 2.33. The largest absolute Gasteiger partial charge is 0.354 e. The highest BCUT2D eigenvalue weighted by atomic mass is 16.2. The summed E-state index contributed by atoms with van der Waals surface area (Å²) in [6.45, 7) is 1.81. The first-order chi connectivity index (χ1) is 9.24. The molecule has 0 aromatic heterocycles. The smallest absolute Gasteiger partial charge is 0.239 e. The Morgan fingerprint density at radius 2 is 2.05 bits per heavy atom. The number of fused-ring (bicyclic) bond motifs is 1. The quantitative estimate of drug-likeness (QED) is 0.715. The third-order valence-corrected chi connectivity index (χ3v) is 4.79. The molecule has 3 aliphatic rings. The van der Waals surface area contributed by atoms with Crippen LogP contribution in [0.5, 0.6) is 0 Å². The van der Waals surface area contributed by atoms with Crippen molar-refractivity contribution in [1.82, 2.24) is 15.5 Å². The van der Waals surface area contributed by atoms with Gasteiger partial charge in [0, 0.05) is 32.1 Å². The molecule has 1 saturated carbocycles. The summed E-state index contributed by atoms with van der Waals surface area (Å²) in [6.07, 6.45) is 6.51. The van der Waals surface area contributed by atoms with Gasteiger partial charge in [0.05, 0.1) is 6.04 Å². The molecule has 5 heteroatoms. The Morgan fingerprint density at radius 3 is 2.89 bits per heavy atom. The summed E-state index contributed by atoms with van der Waals surface area (Å²) in [6, 6.07) is 0.538. The third kappa shape index (κ3) is 2.76. The zero-order valence-corrected chi connectivity index (χ0v) is 11.4. The lowest BCUT2D eigenvalue weighted by molar-refractivity contribution is -0.133. The lowest BCUT2D eigenvalue weighted by atomic mass is 9.85. The molecule has 2 N–H and O–H groups in total. The Labute approximate surface area is 114 Å². The van der Waals surface area contributed by atoms with Crippen LogP contribution in [0.4, 0.5) is 0 Å². The van der Waals surface area contributed by atoms with Crippen LogP contribution >= 0.6 is 0 Å². The van der Waals surface area contributed by atoms with E-state index in [2.05, 4.69) is 10.6 Å². The molecule has 0 radical (unpaired) electrons. The van der Waals surface area contributed by atoms with E-state index in [0.717, 1.165) is 6.42 Å². The summed E-state index contributed by atoms with van der Waals surface area (Å²) >= 11 is 0. The average Bonchev–Trinajstić information content (AvgIpc) is 2.74. The Kier molecular flexibility index (Phi) is 3.73. The van der Waals surface area contributed by atoms with Gasteiger partial charge >= 0.3 is 0 Å². The van der Waals surface area contributed by atoms with Gasteiger partial charge in [-0.1, -0.05) is 12.8 Å². The molecule has 2 saturated heterocycles. The van der Waals surface area contributed by atoms with E-state index in [1.165, 1.54) is 25.7 Å². The van der Waals surface area contributed by atoms with E-state index in [0.29, 0.717) is 38.0 Å². The minimum Gasteiger partial charge on any atom is -0.354 e. The van der Waals surface area contributed by atoms with Crippen molar-refractivity contribution in [3.63, 3.8) is 0 Å². The van der Waals surface area contributed by atoms with Crippen LogP contribution in [-0.4, -0.2) is 48.4 Å². The molecule has 3 atom stereocenters. The minimum atomic E-state index is -0.0127. The molecule has 0 bridgehead atoms. The maximum atomic E-state index is 12.5. The molecule has 0 aromatic carbocycles. The van der Waals surface area contributed by atoms with Crippen LogP contribution in [0.2, 0.25) is 0 Å². The summed E-state index contributed by atoms with van der Waals surface area (Å²) in [5.74, 6) is 0.948. The molecule has 3 fully saturated rings. The number of amides is 2. The predicted octanol–water partition coefficient (Wildman–Crippen LogP) is 0.256. The number of rotatable bonds is 1. The first-order valence-electron chi connectivity index (χ1n) is 7.55. The number of hydrogen-bond donors (Lipinski definition) is 2. The Hall–Kier alpha value is -1.10. The van der Waals surface area contributed by atoms with Crippen molar-refractivity contribution in [2.75, 3.05) is 19.6 Å². The van der Waals surface area contributed by atoms with E-state index in [1.807, 2.05) is 4.90 Å². The second kappa shape index (κ2) is 5.49. The van der Waals surface area contributed by atoms with E-state index >= 15 is 0 Å². The van der Waals surface area contributed by atoms with Crippen LogP contribution in [0.25, 0.3) is 0 Å². The molecule has 3 unspecified atom stereocenters. The summed E-state index contributed by atoms with van der Waals surface area (Å²) in [5, 5.41) is 6.34. The first kappa shape index (κ1) is 12.9. The van der Waals surface area contributed by atoms with Crippen molar-refractivity contribution in [2.45, 2.75) is 50.6 Å². The zero-order chi connectivity index (χ0) is 13.2. The molecule has 0 aromatic rings. The van der Waals surface area contributed by atoms with Crippen LogP contribution in [0.3, 0.4) is 0 Å². The first-order valence-corrected chi connectivity index (χ1v) is 7.55. The monoisotopic (exact) mass is 265 g/mol. The zero-order valence-electron chi connectivity index (χ0n) is 11.4. The Morgan fingerprint density at radius 1 is 1.21 bits per heavy atom. The van der Waals surface area contributed by atoms with Gasteiger partial charge in [-0.05, 0) is 25.2 Å². The number of nitrogens with one attached hydrogen (secondary N) is 2. The lowest BCUT2D eigenvalue weighted by Crippen LogP contribution is -2.46. The van der Waals surface area contributed by atoms with Gasteiger partial charge in [0.1, 0.15) is 0 Å². The fourth-order valence-electron chi connectivity index (χ4n) is 3.72. The predicted molar refractivity (Wildman–Crippen MR) is 71.5 cm³/mol. The number of carbonyl (C=O) groups is 2. The van der Waals surface area contributed by atoms with Gasteiger partial charge in [-0.3, -0.25) is 9.59 Å². The molecule has 106 valence electrons. The van der Waals surface area contributed by atoms with Crippen LogP contribution in [0, 0.1) is 5.92 Å². The normalized spacial score (nSPS) is 35.5. The van der Waals surface area contributed by atoms with E-state index < -0.39 is 0 Å². The molecule has 3 rings (SSSR count). The Balaban J connectivity index is 1.59. The van der Waals surface area contributed by atoms with Gasteiger partial charge in [0.2, 0.25) is 11.8 Å². The van der Waals surface area contributed by atoms with Crippen LogP contribution < -0.4 is 10.6 Å². The van der Waals surface area contributed by atoms with Gasteiger partial charge < -0.3 is 15.5 Å². The molecular formula is C14H23N3O2. The molecule has 2 aliphatic heterocycles. The van der Waals surface area contributed by atoms with Gasteiger partial charge in [0.15, 0.2) is 0 Å². The van der Waals surface area contributed by atoms with Gasteiger partial charge in [-0.15, -0.1) is 0 Å². The highest BCUT2D eigenvalue weighted by molar-refractivity contribution is 5.84. The summed E-state index contributed by atoms with van der Waals surface area (Å²) in [4.78, 5) is 25.7. The third-order valence-electron chi connectivity index (χ3n) is 4.79. The van der Waals surface area contributed by atoms with Gasteiger partial charge in [-0.25, -0.2) is 0 Å². The maximum absolute atomic E-state index is 12.5. The lowest BCUT2D eigenvalue weighted by Gasteiger charge is -2.24. The van der Waals surface area contributed by atoms with Crippen molar-refractivity contribution in [2.24, 2.45) is 5.92 Å². The van der Waals surface area contributed by atoms with Crippen molar-refractivity contribution < 1.29 is 9.59 Å². The molecule has 2 amide bonds. The fourth-order valence-corrected chi connectivity index (χ4v) is 3.72. The SMILES string of the molecule is O=C1CCN(C(=O)C2CC3CCCCC3N2)CCN1. The second-order valence-electron chi connectivity index (χ2n) is 6.03. The van der Waals surface area contributed by atoms with Gasteiger partial charge in [-0.2, -0.15) is 0 Å². The molecule has 1 aliphatic carbocycles. The summed E-state index contributed by atoms with van der Waals surface area (Å²) in [5.41, 5.74) is 0. The molecular weight excluding hydrogens is 242 g/mol. The maximum Gasteiger partial charge on any atom is 0.239 e. The Bertz CT molecular complexity index is 358. The number of hydrogen-bond acceptors (Lipinski definition) is 3. The van der Waals surface area contributed by atoms with Crippen LogP contribution in [0.15, 0.2) is 0 Å². The summed E-state index contributed by atoms with van der Waals surface area (Å²) in [7, 11) is 0. The standard InChI is InChI=1S/C14H23N3O2/c18-13-5-7-17(8-6-15-13)14(19)12-9-10-3-1-2-4-11(10)16-12/h10-12,16H,1-9H2,(H,15,18). The molecule has 5 nitrogen and oxygen atoms in total. The topological polar surface area (TPSA) is 61.4 Å². The second-order valence-corrected chi connectivity index (χ2v) is 6.03. The summed E-state index contributed by atoms with van der Waals surface area (Å²) < 4.78 is 0. The number of carbonyl (C=O) groups excluding carboxylic acids is 2. The van der Waals surface area contributed by atoms with Crippen molar-refractivity contribution in [3.05, 3.63) is 0 Å². The van der Waals surface area contributed by atoms with E-state index in [-0.39, 0.29) is 17.9 Å². The van der Waals surface area contributed by atoms with Crippen molar-refractivity contribution >= 4 is 11.8 Å². The van der Waals surface area contributed by atoms with Gasteiger partial charge in [0.25, 0.3) is 0 Å². The molecule has 0 spiro atoms. The molecule has 19 heavy (non-hydrogen) atoms. The van der Waals surface area contributed by atoms with Crippen molar-refractivity contribution in [1.29, 1.82) is 0 Å². The van der Waals surface area contributed by atoms with Crippen LogP contribution in [-0.2, 0) is 9.59 Å². The highest BCUT2D eigenvalue weighted by Gasteiger charge is 2.39. The number of nitrogens with zero attached hydrogens (tertiary/aromatic N) is 1. The van der Waals surface area contributed by atoms with Crippen LogP contribution in [0.1, 0.15) is 38.5 Å². The van der Waals surface area contributed by atoms with E-state index in [1.54, 1.807) is 0 Å². The van der Waals surface area contributed by atoms with E-state index in [4.69, 9.17) is 0 Å². The fraction of sp³-hybridized carbons (Fsp3) is 0.857. The van der Waals surface area contributed by atoms with Crippen molar-refractivity contribution in [3.8, 4) is 0 Å².